The first kappa shape index (κ1) is 14.9. The molecule has 2 N–H and O–H groups in total. The van der Waals surface area contributed by atoms with Gasteiger partial charge in [-0.3, -0.25) is 0 Å². The van der Waals surface area contributed by atoms with Crippen LogP contribution in [-0.2, 0) is 6.42 Å². The highest BCUT2D eigenvalue weighted by Gasteiger charge is 2.30. The number of unbranched alkanes of at least 4 members (excludes halogenated alkanes) is 1. The maximum Gasteiger partial charge on any atom is 0.0402 e. The molecule has 0 aromatic heterocycles. The van der Waals surface area contributed by atoms with Crippen LogP contribution in [0.5, 0.6) is 0 Å². The van der Waals surface area contributed by atoms with Crippen molar-refractivity contribution in [1.82, 2.24) is 0 Å². The zero-order valence-corrected chi connectivity index (χ0v) is 13.6. The summed E-state index contributed by atoms with van der Waals surface area (Å²) in [6.45, 7) is 5.52. The van der Waals surface area contributed by atoms with Crippen LogP contribution in [0.25, 0.3) is 0 Å². The van der Waals surface area contributed by atoms with Crippen molar-refractivity contribution in [2.24, 2.45) is 5.73 Å². The molecule has 1 aliphatic rings. The minimum Gasteiger partial charge on any atom is -0.368 e. The summed E-state index contributed by atoms with van der Waals surface area (Å²) in [4.78, 5) is 2.60. The van der Waals surface area contributed by atoms with Gasteiger partial charge in [-0.1, -0.05) is 29.3 Å². The van der Waals surface area contributed by atoms with Crippen LogP contribution < -0.4 is 10.6 Å². The minimum atomic E-state index is 0.209. The van der Waals surface area contributed by atoms with Crippen molar-refractivity contribution in [3.63, 3.8) is 0 Å². The van der Waals surface area contributed by atoms with Crippen molar-refractivity contribution >= 4 is 21.6 Å². The highest BCUT2D eigenvalue weighted by Crippen LogP contribution is 2.35. The summed E-state index contributed by atoms with van der Waals surface area (Å²) in [5.74, 6) is 0. The van der Waals surface area contributed by atoms with Crippen LogP contribution in [0.2, 0.25) is 0 Å². The molecule has 2 nitrogen and oxygen atoms in total. The van der Waals surface area contributed by atoms with Crippen LogP contribution in [0.4, 0.5) is 5.69 Å². The van der Waals surface area contributed by atoms with E-state index >= 15 is 0 Å². The number of hydrogen-bond acceptors (Lipinski definition) is 2. The van der Waals surface area contributed by atoms with Crippen molar-refractivity contribution in [2.45, 2.75) is 58.0 Å². The molecule has 0 radical (unpaired) electrons. The Labute approximate surface area is 125 Å². The number of benzene rings is 1. The van der Waals surface area contributed by atoms with Gasteiger partial charge in [-0.05, 0) is 56.4 Å². The predicted molar refractivity (Wildman–Crippen MR) is 86.8 cm³/mol. The second kappa shape index (κ2) is 6.76. The number of anilines is 1. The van der Waals surface area contributed by atoms with E-state index in [1.165, 1.54) is 43.5 Å². The van der Waals surface area contributed by atoms with E-state index in [0.29, 0.717) is 0 Å². The van der Waals surface area contributed by atoms with Gasteiger partial charge in [-0.2, -0.15) is 0 Å². The third kappa shape index (κ3) is 4.22. The lowest BCUT2D eigenvalue weighted by atomic mass is 10.0. The Morgan fingerprint density at radius 1 is 1.42 bits per heavy atom. The van der Waals surface area contributed by atoms with E-state index in [4.69, 9.17) is 5.73 Å². The van der Waals surface area contributed by atoms with Crippen molar-refractivity contribution in [3.8, 4) is 0 Å². The number of rotatable bonds is 7. The molecular formula is C16H25BrN2. The fraction of sp³-hybridized carbons (Fsp3) is 0.625. The monoisotopic (exact) mass is 324 g/mol. The van der Waals surface area contributed by atoms with E-state index in [2.05, 4.69) is 52.9 Å². The Balaban J connectivity index is 2.24. The molecule has 1 atom stereocenters. The number of nitrogens with two attached hydrogens (primary N) is 1. The fourth-order valence-electron chi connectivity index (χ4n) is 2.56. The molecule has 0 saturated heterocycles. The van der Waals surface area contributed by atoms with Gasteiger partial charge < -0.3 is 10.6 Å². The van der Waals surface area contributed by atoms with E-state index < -0.39 is 0 Å². The van der Waals surface area contributed by atoms with E-state index in [1.807, 2.05) is 0 Å². The molecule has 0 bridgehead atoms. The number of hydrogen-bond donors (Lipinski definition) is 1. The van der Waals surface area contributed by atoms with Gasteiger partial charge in [0.25, 0.3) is 0 Å². The van der Waals surface area contributed by atoms with Gasteiger partial charge in [-0.25, -0.2) is 0 Å². The van der Waals surface area contributed by atoms with E-state index in [0.717, 1.165) is 16.9 Å². The molecule has 0 spiro atoms. The van der Waals surface area contributed by atoms with Crippen LogP contribution in [0.3, 0.4) is 0 Å². The molecule has 0 heterocycles. The van der Waals surface area contributed by atoms with Gasteiger partial charge in [0.15, 0.2) is 0 Å². The van der Waals surface area contributed by atoms with Gasteiger partial charge in [0.2, 0.25) is 0 Å². The molecule has 3 heteroatoms. The Morgan fingerprint density at radius 3 is 2.74 bits per heavy atom. The topological polar surface area (TPSA) is 29.3 Å². The number of nitrogens with zero attached hydrogens (tertiary/aromatic N) is 1. The predicted octanol–water partition coefficient (Wildman–Crippen LogP) is 4.11. The number of halogens is 1. The fourth-order valence-corrected chi connectivity index (χ4v) is 2.97. The molecule has 0 amide bonds. The Morgan fingerprint density at radius 2 is 2.16 bits per heavy atom. The lowest BCUT2D eigenvalue weighted by molar-refractivity contribution is 0.696. The van der Waals surface area contributed by atoms with Crippen molar-refractivity contribution in [1.29, 1.82) is 0 Å². The molecule has 19 heavy (non-hydrogen) atoms. The molecular weight excluding hydrogens is 300 g/mol. The van der Waals surface area contributed by atoms with Gasteiger partial charge >= 0.3 is 0 Å². The smallest absolute Gasteiger partial charge is 0.0402 e. The van der Waals surface area contributed by atoms with E-state index in [-0.39, 0.29) is 6.04 Å². The van der Waals surface area contributed by atoms with Gasteiger partial charge in [0.1, 0.15) is 0 Å². The maximum absolute atomic E-state index is 6.00. The molecule has 2 rings (SSSR count). The molecule has 1 aromatic rings. The zero-order valence-electron chi connectivity index (χ0n) is 12.0. The van der Waals surface area contributed by atoms with Crippen molar-refractivity contribution in [3.05, 3.63) is 28.2 Å². The first-order chi connectivity index (χ1) is 9.11. The molecule has 0 aliphatic heterocycles. The summed E-state index contributed by atoms with van der Waals surface area (Å²) < 4.78 is 1.15. The summed E-state index contributed by atoms with van der Waals surface area (Å²) in [5, 5.41) is 0. The highest BCUT2D eigenvalue weighted by atomic mass is 79.9. The summed E-state index contributed by atoms with van der Waals surface area (Å²) in [5.41, 5.74) is 8.78. The largest absolute Gasteiger partial charge is 0.368 e. The third-order valence-electron chi connectivity index (χ3n) is 3.63. The van der Waals surface area contributed by atoms with Gasteiger partial charge in [0.05, 0.1) is 0 Å². The quantitative estimate of drug-likeness (QED) is 0.817. The Bertz CT molecular complexity index is 413. The van der Waals surface area contributed by atoms with Crippen LogP contribution in [-0.4, -0.2) is 18.6 Å². The summed E-state index contributed by atoms with van der Waals surface area (Å²) in [6, 6.07) is 7.62. The molecule has 106 valence electrons. The maximum atomic E-state index is 6.00. The summed E-state index contributed by atoms with van der Waals surface area (Å²) in [6.07, 6.45) is 6.16. The van der Waals surface area contributed by atoms with Gasteiger partial charge in [0, 0.05) is 28.8 Å². The first-order valence-corrected chi connectivity index (χ1v) is 8.21. The van der Waals surface area contributed by atoms with Crippen LogP contribution in [0, 0.1) is 0 Å². The standard InChI is InChI=1S/C16H25BrN2/c1-3-4-9-19(15-6-7-15)16-8-5-14(17)11-13(16)10-12(2)18/h5,8,11-12,15H,3-4,6-7,9-10,18H2,1-2H3. The first-order valence-electron chi connectivity index (χ1n) is 7.42. The highest BCUT2D eigenvalue weighted by molar-refractivity contribution is 9.10. The molecule has 1 fully saturated rings. The molecule has 1 unspecified atom stereocenters. The molecule has 1 aliphatic carbocycles. The van der Waals surface area contributed by atoms with Crippen LogP contribution >= 0.6 is 15.9 Å². The summed E-state index contributed by atoms with van der Waals surface area (Å²) in [7, 11) is 0. The minimum absolute atomic E-state index is 0.209. The van der Waals surface area contributed by atoms with Crippen LogP contribution in [0.15, 0.2) is 22.7 Å². The third-order valence-corrected chi connectivity index (χ3v) is 4.13. The van der Waals surface area contributed by atoms with Crippen molar-refractivity contribution in [2.75, 3.05) is 11.4 Å². The van der Waals surface area contributed by atoms with Crippen LogP contribution in [0.1, 0.15) is 45.1 Å². The lowest BCUT2D eigenvalue weighted by Gasteiger charge is -2.28. The average molecular weight is 325 g/mol. The lowest BCUT2D eigenvalue weighted by Crippen LogP contribution is -2.29. The van der Waals surface area contributed by atoms with E-state index in [9.17, 15) is 0 Å². The Hall–Kier alpha value is -0.540. The molecule has 1 saturated carbocycles. The summed E-state index contributed by atoms with van der Waals surface area (Å²) >= 11 is 3.58. The second-order valence-corrected chi connectivity index (χ2v) is 6.65. The van der Waals surface area contributed by atoms with Crippen molar-refractivity contribution < 1.29 is 0 Å². The second-order valence-electron chi connectivity index (χ2n) is 5.73. The van der Waals surface area contributed by atoms with Gasteiger partial charge in [-0.15, -0.1) is 0 Å². The SMILES string of the molecule is CCCCN(c1ccc(Br)cc1CC(C)N)C1CC1. The molecule has 1 aromatic carbocycles. The zero-order chi connectivity index (χ0) is 13.8. The Kier molecular flexibility index (Phi) is 5.28. The average Bonchev–Trinajstić information content (AvgIpc) is 3.15. The normalized spacial score (nSPS) is 16.4. The van der Waals surface area contributed by atoms with E-state index in [1.54, 1.807) is 0 Å².